The number of carbonyl (C=O) groups is 1. The number of benzene rings is 2. The van der Waals surface area contributed by atoms with Gasteiger partial charge in [0.2, 0.25) is 10.0 Å². The summed E-state index contributed by atoms with van der Waals surface area (Å²) in [5.74, 6) is -0.185. The smallest absolute Gasteiger partial charge is 0.251 e. The lowest BCUT2D eigenvalue weighted by molar-refractivity contribution is 0.0939. The van der Waals surface area contributed by atoms with Crippen LogP contribution >= 0.6 is 0 Å². The van der Waals surface area contributed by atoms with Gasteiger partial charge in [0.25, 0.3) is 5.91 Å². The minimum Gasteiger partial charge on any atom is -0.346 e. The van der Waals surface area contributed by atoms with Crippen LogP contribution in [-0.2, 0) is 10.0 Å². The largest absolute Gasteiger partial charge is 0.346 e. The average molecular weight is 375 g/mol. The van der Waals surface area contributed by atoms with Crippen LogP contribution in [0.15, 0.2) is 36.4 Å². The summed E-state index contributed by atoms with van der Waals surface area (Å²) in [7, 11) is -1.84. The Morgan fingerprint density at radius 3 is 2.27 bits per heavy atom. The molecule has 5 nitrogen and oxygen atoms in total. The Bertz CT molecular complexity index is 936. The van der Waals surface area contributed by atoms with Crippen molar-refractivity contribution in [3.05, 3.63) is 64.2 Å². The van der Waals surface area contributed by atoms with Crippen molar-refractivity contribution in [2.24, 2.45) is 0 Å². The molecule has 0 spiro atoms. The summed E-state index contributed by atoms with van der Waals surface area (Å²) < 4.78 is 24.6. The van der Waals surface area contributed by atoms with E-state index in [0.29, 0.717) is 11.3 Å². The molecule has 1 atom stereocenters. The summed E-state index contributed by atoms with van der Waals surface area (Å²) >= 11 is 0. The van der Waals surface area contributed by atoms with Gasteiger partial charge in [-0.25, -0.2) is 8.42 Å². The summed E-state index contributed by atoms with van der Waals surface area (Å²) in [5.41, 5.74) is 5.16. The quantitative estimate of drug-likeness (QED) is 0.871. The van der Waals surface area contributed by atoms with Crippen molar-refractivity contribution in [3.8, 4) is 0 Å². The van der Waals surface area contributed by atoms with Crippen LogP contribution in [0.1, 0.15) is 45.6 Å². The number of sulfonamides is 1. The molecule has 0 unspecified atom stereocenters. The first-order valence-corrected chi connectivity index (χ1v) is 10.3. The second-order valence-electron chi connectivity index (χ2n) is 6.79. The van der Waals surface area contributed by atoms with Crippen LogP contribution in [0.4, 0.5) is 5.69 Å². The lowest BCUT2D eigenvalue weighted by Gasteiger charge is -2.20. The molecule has 0 saturated heterocycles. The Kier molecular flexibility index (Phi) is 5.76. The Morgan fingerprint density at radius 1 is 1.04 bits per heavy atom. The predicted octanol–water partition coefficient (Wildman–Crippen LogP) is 3.50. The molecule has 26 heavy (non-hydrogen) atoms. The number of rotatable bonds is 5. The number of carbonyl (C=O) groups excluding carboxylic acids is 1. The van der Waals surface area contributed by atoms with Crippen LogP contribution < -0.4 is 9.62 Å². The molecular weight excluding hydrogens is 348 g/mol. The molecule has 140 valence electrons. The lowest BCUT2D eigenvalue weighted by atomic mass is 9.99. The fourth-order valence-electron chi connectivity index (χ4n) is 2.91. The van der Waals surface area contributed by atoms with Gasteiger partial charge in [-0.05, 0) is 62.6 Å². The van der Waals surface area contributed by atoms with E-state index in [0.717, 1.165) is 28.5 Å². The Balaban J connectivity index is 2.22. The molecule has 0 heterocycles. The van der Waals surface area contributed by atoms with Gasteiger partial charge >= 0.3 is 0 Å². The van der Waals surface area contributed by atoms with Crippen LogP contribution in [-0.4, -0.2) is 27.6 Å². The molecule has 0 bridgehead atoms. The first-order valence-electron chi connectivity index (χ1n) is 8.43. The van der Waals surface area contributed by atoms with Crippen LogP contribution in [0, 0.1) is 20.8 Å². The van der Waals surface area contributed by atoms with Gasteiger partial charge in [0, 0.05) is 12.6 Å². The number of hydrogen-bond donors (Lipinski definition) is 1. The van der Waals surface area contributed by atoms with E-state index in [9.17, 15) is 13.2 Å². The van der Waals surface area contributed by atoms with Gasteiger partial charge in [-0.15, -0.1) is 0 Å². The fraction of sp³-hybridized carbons (Fsp3) is 0.350. The van der Waals surface area contributed by atoms with E-state index in [-0.39, 0.29) is 11.9 Å². The summed E-state index contributed by atoms with van der Waals surface area (Å²) in [4.78, 5) is 12.6. The number of aryl methyl sites for hydroxylation is 3. The highest BCUT2D eigenvalue weighted by molar-refractivity contribution is 7.92. The molecule has 0 radical (unpaired) electrons. The van der Waals surface area contributed by atoms with Crippen molar-refractivity contribution in [2.45, 2.75) is 33.7 Å². The Hall–Kier alpha value is -2.34. The van der Waals surface area contributed by atoms with Gasteiger partial charge in [0.05, 0.1) is 18.0 Å². The van der Waals surface area contributed by atoms with Crippen LogP contribution in [0.25, 0.3) is 0 Å². The van der Waals surface area contributed by atoms with Crippen molar-refractivity contribution in [1.29, 1.82) is 0 Å². The minimum atomic E-state index is -3.34. The fourth-order valence-corrected chi connectivity index (χ4v) is 3.47. The summed E-state index contributed by atoms with van der Waals surface area (Å²) in [6.45, 7) is 7.80. The zero-order chi connectivity index (χ0) is 19.6. The zero-order valence-electron chi connectivity index (χ0n) is 16.1. The monoisotopic (exact) mass is 374 g/mol. The van der Waals surface area contributed by atoms with Gasteiger partial charge in [0.15, 0.2) is 0 Å². The van der Waals surface area contributed by atoms with E-state index in [1.165, 1.54) is 11.4 Å². The molecule has 0 fully saturated rings. The van der Waals surface area contributed by atoms with E-state index >= 15 is 0 Å². The number of nitrogens with zero attached hydrogens (tertiary/aromatic N) is 1. The maximum atomic E-state index is 12.6. The van der Waals surface area contributed by atoms with E-state index in [2.05, 4.69) is 11.4 Å². The minimum absolute atomic E-state index is 0.124. The maximum absolute atomic E-state index is 12.6. The number of amides is 1. The molecule has 0 aliphatic carbocycles. The third-order valence-corrected chi connectivity index (χ3v) is 5.74. The van der Waals surface area contributed by atoms with E-state index in [1.54, 1.807) is 25.1 Å². The molecule has 0 aromatic heterocycles. The first kappa shape index (κ1) is 20.0. The van der Waals surface area contributed by atoms with E-state index < -0.39 is 10.0 Å². The van der Waals surface area contributed by atoms with Crippen molar-refractivity contribution in [3.63, 3.8) is 0 Å². The number of anilines is 1. The second kappa shape index (κ2) is 7.50. The topological polar surface area (TPSA) is 66.5 Å². The third kappa shape index (κ3) is 4.43. The molecule has 1 N–H and O–H groups in total. The molecule has 2 rings (SSSR count). The van der Waals surface area contributed by atoms with Crippen molar-refractivity contribution >= 4 is 21.6 Å². The Labute approximate surface area is 156 Å². The first-order chi connectivity index (χ1) is 12.0. The molecule has 0 aliphatic heterocycles. The normalized spacial score (nSPS) is 12.5. The van der Waals surface area contributed by atoms with Gasteiger partial charge < -0.3 is 5.32 Å². The average Bonchev–Trinajstić information content (AvgIpc) is 2.55. The third-order valence-electron chi connectivity index (χ3n) is 4.54. The molecule has 0 aliphatic rings. The molecule has 1 amide bonds. The summed E-state index contributed by atoms with van der Waals surface area (Å²) in [5, 5.41) is 3.02. The standard InChI is InChI=1S/C20H26N2O3S/c1-13-7-8-14(2)18(11-13)16(4)21-20(23)17-9-10-19(15(3)12-17)22(5)26(6,24)25/h7-12,16H,1-6H3,(H,21,23)/t16-/m0/s1. The second-order valence-corrected chi connectivity index (χ2v) is 8.80. The lowest BCUT2D eigenvalue weighted by Crippen LogP contribution is -2.28. The van der Waals surface area contributed by atoms with Gasteiger partial charge in [-0.2, -0.15) is 0 Å². The zero-order valence-corrected chi connectivity index (χ0v) is 16.9. The molecule has 2 aromatic rings. The van der Waals surface area contributed by atoms with Crippen LogP contribution in [0.2, 0.25) is 0 Å². The predicted molar refractivity (Wildman–Crippen MR) is 106 cm³/mol. The van der Waals surface area contributed by atoms with E-state index in [1.807, 2.05) is 32.9 Å². The number of hydrogen-bond acceptors (Lipinski definition) is 3. The SMILES string of the molecule is Cc1ccc(C)c([C@H](C)NC(=O)c2ccc(N(C)S(C)(=O)=O)c(C)c2)c1. The van der Waals surface area contributed by atoms with Crippen molar-refractivity contribution in [2.75, 3.05) is 17.6 Å². The molecule has 0 saturated carbocycles. The van der Waals surface area contributed by atoms with Crippen LogP contribution in [0.5, 0.6) is 0 Å². The van der Waals surface area contributed by atoms with Crippen molar-refractivity contribution < 1.29 is 13.2 Å². The highest BCUT2D eigenvalue weighted by Gasteiger charge is 2.17. The maximum Gasteiger partial charge on any atom is 0.251 e. The molecule has 6 heteroatoms. The molecule has 2 aromatic carbocycles. The van der Waals surface area contributed by atoms with Gasteiger partial charge in [-0.1, -0.05) is 23.8 Å². The number of nitrogens with one attached hydrogen (secondary N) is 1. The molecular formula is C20H26N2O3S. The van der Waals surface area contributed by atoms with Crippen molar-refractivity contribution in [1.82, 2.24) is 5.32 Å². The van der Waals surface area contributed by atoms with Crippen LogP contribution in [0.3, 0.4) is 0 Å². The summed E-state index contributed by atoms with van der Waals surface area (Å²) in [6, 6.07) is 11.1. The highest BCUT2D eigenvalue weighted by Crippen LogP contribution is 2.23. The van der Waals surface area contributed by atoms with Gasteiger partial charge in [0.1, 0.15) is 0 Å². The van der Waals surface area contributed by atoms with E-state index in [4.69, 9.17) is 0 Å². The Morgan fingerprint density at radius 2 is 1.69 bits per heavy atom. The van der Waals surface area contributed by atoms with Gasteiger partial charge in [-0.3, -0.25) is 9.10 Å². The summed E-state index contributed by atoms with van der Waals surface area (Å²) in [6.07, 6.45) is 1.15. The highest BCUT2D eigenvalue weighted by atomic mass is 32.2.